The van der Waals surface area contributed by atoms with Crippen LogP contribution in [0.4, 0.5) is 0 Å². The molecule has 1 saturated heterocycles. The molecule has 0 radical (unpaired) electrons. The van der Waals surface area contributed by atoms with E-state index in [2.05, 4.69) is 15.1 Å². The second kappa shape index (κ2) is 7.27. The zero-order chi connectivity index (χ0) is 17.1. The number of hydrogen-bond acceptors (Lipinski definition) is 5. The maximum Gasteiger partial charge on any atom is 0.276 e. The molecule has 1 aliphatic rings. The molecule has 0 bridgehead atoms. The van der Waals surface area contributed by atoms with Crippen LogP contribution in [0.2, 0.25) is 5.02 Å². The van der Waals surface area contributed by atoms with Crippen molar-refractivity contribution in [2.75, 3.05) is 19.7 Å². The summed E-state index contributed by atoms with van der Waals surface area (Å²) in [4.78, 5) is 23.1. The molecule has 1 atom stereocenters. The molecule has 1 fully saturated rings. The van der Waals surface area contributed by atoms with E-state index in [1.165, 1.54) is 0 Å². The lowest BCUT2D eigenvalue weighted by molar-refractivity contribution is -0.0270. The summed E-state index contributed by atoms with van der Waals surface area (Å²) < 4.78 is 7.44. The number of ether oxygens (including phenoxy) is 1. The highest BCUT2D eigenvalue weighted by Crippen LogP contribution is 2.22. The van der Waals surface area contributed by atoms with Gasteiger partial charge in [0.15, 0.2) is 11.5 Å². The maximum atomic E-state index is 12.8. The second-order valence-corrected chi connectivity index (χ2v) is 6.16. The Morgan fingerprint density at radius 3 is 3.08 bits per heavy atom. The number of nitrogens with zero attached hydrogens (tertiary/aromatic N) is 5. The van der Waals surface area contributed by atoms with Gasteiger partial charge in [-0.15, -0.1) is 0 Å². The van der Waals surface area contributed by atoms with E-state index >= 15 is 0 Å². The molecule has 1 amide bonds. The number of amides is 1. The van der Waals surface area contributed by atoms with Gasteiger partial charge in [-0.3, -0.25) is 9.48 Å². The van der Waals surface area contributed by atoms with Gasteiger partial charge in [0.25, 0.3) is 5.91 Å². The summed E-state index contributed by atoms with van der Waals surface area (Å²) in [7, 11) is 0. The van der Waals surface area contributed by atoms with E-state index in [9.17, 15) is 4.79 Å². The van der Waals surface area contributed by atoms with E-state index in [0.29, 0.717) is 30.5 Å². The summed E-state index contributed by atoms with van der Waals surface area (Å²) in [6, 6.07) is 1.83. The largest absolute Gasteiger partial charge is 0.367 e. The van der Waals surface area contributed by atoms with Crippen molar-refractivity contribution in [2.24, 2.45) is 0 Å². The molecule has 0 aliphatic carbocycles. The van der Waals surface area contributed by atoms with Gasteiger partial charge in [0.1, 0.15) is 6.10 Å². The molecule has 7 nitrogen and oxygen atoms in total. The number of carbonyl (C=O) groups excluding carboxylic acids is 1. The predicted octanol–water partition coefficient (Wildman–Crippen LogP) is 2.26. The summed E-state index contributed by atoms with van der Waals surface area (Å²) in [5.41, 5.74) is 1.16. The van der Waals surface area contributed by atoms with E-state index in [1.54, 1.807) is 22.0 Å². The Bertz CT molecular complexity index is 733. The molecule has 128 valence electrons. The Morgan fingerprint density at radius 2 is 2.33 bits per heavy atom. The molecule has 24 heavy (non-hydrogen) atoms. The molecular formula is C16H20ClN5O2. The van der Waals surface area contributed by atoms with Crippen molar-refractivity contribution in [1.82, 2.24) is 24.6 Å². The summed E-state index contributed by atoms with van der Waals surface area (Å²) >= 11 is 6.18. The molecule has 0 saturated carbocycles. The van der Waals surface area contributed by atoms with Gasteiger partial charge in [-0.05, 0) is 19.4 Å². The van der Waals surface area contributed by atoms with Gasteiger partial charge in [0.2, 0.25) is 0 Å². The highest BCUT2D eigenvalue weighted by Gasteiger charge is 2.30. The first kappa shape index (κ1) is 16.9. The van der Waals surface area contributed by atoms with E-state index in [1.807, 2.05) is 19.9 Å². The number of halogens is 1. The molecular weight excluding hydrogens is 330 g/mol. The SMILES string of the molecule is CCCn1cc(Cl)c(C(=O)N2CCOC(c3nccc(C)n3)C2)n1. The second-order valence-electron chi connectivity index (χ2n) is 5.76. The zero-order valence-electron chi connectivity index (χ0n) is 13.8. The fourth-order valence-electron chi connectivity index (χ4n) is 2.65. The molecule has 8 heteroatoms. The summed E-state index contributed by atoms with van der Waals surface area (Å²) in [5, 5.41) is 4.69. The monoisotopic (exact) mass is 349 g/mol. The smallest absolute Gasteiger partial charge is 0.276 e. The minimum Gasteiger partial charge on any atom is -0.367 e. The molecule has 0 spiro atoms. The number of aryl methyl sites for hydroxylation is 2. The normalized spacial score (nSPS) is 18.0. The number of carbonyl (C=O) groups is 1. The third-order valence-corrected chi connectivity index (χ3v) is 4.10. The van der Waals surface area contributed by atoms with Gasteiger partial charge in [-0.25, -0.2) is 9.97 Å². The van der Waals surface area contributed by atoms with Crippen molar-refractivity contribution in [3.63, 3.8) is 0 Å². The fraction of sp³-hybridized carbons (Fsp3) is 0.500. The number of aromatic nitrogens is 4. The number of rotatable bonds is 4. The number of morpholine rings is 1. The van der Waals surface area contributed by atoms with Gasteiger partial charge >= 0.3 is 0 Å². The van der Waals surface area contributed by atoms with Gasteiger partial charge < -0.3 is 9.64 Å². The first-order chi connectivity index (χ1) is 11.6. The Balaban J connectivity index is 1.75. The van der Waals surface area contributed by atoms with Crippen LogP contribution in [0.15, 0.2) is 18.5 Å². The minimum absolute atomic E-state index is 0.184. The molecule has 2 aromatic heterocycles. The summed E-state index contributed by atoms with van der Waals surface area (Å²) in [5.74, 6) is 0.408. The molecule has 1 aliphatic heterocycles. The van der Waals surface area contributed by atoms with Gasteiger partial charge in [-0.1, -0.05) is 18.5 Å². The van der Waals surface area contributed by atoms with Crippen LogP contribution in [-0.2, 0) is 11.3 Å². The van der Waals surface area contributed by atoms with Crippen LogP contribution in [0.25, 0.3) is 0 Å². The number of hydrogen-bond donors (Lipinski definition) is 0. The van der Waals surface area contributed by atoms with Crippen molar-refractivity contribution in [3.05, 3.63) is 40.7 Å². The van der Waals surface area contributed by atoms with Crippen molar-refractivity contribution in [3.8, 4) is 0 Å². The molecule has 2 aromatic rings. The molecule has 3 rings (SSSR count). The van der Waals surface area contributed by atoms with E-state index in [-0.39, 0.29) is 17.7 Å². The van der Waals surface area contributed by atoms with Crippen molar-refractivity contribution >= 4 is 17.5 Å². The highest BCUT2D eigenvalue weighted by atomic mass is 35.5. The van der Waals surface area contributed by atoms with Gasteiger partial charge in [0.05, 0.1) is 18.2 Å². The summed E-state index contributed by atoms with van der Waals surface area (Å²) in [6.07, 6.45) is 3.99. The first-order valence-corrected chi connectivity index (χ1v) is 8.39. The van der Waals surface area contributed by atoms with E-state index in [4.69, 9.17) is 16.3 Å². The van der Waals surface area contributed by atoms with Crippen molar-refractivity contribution < 1.29 is 9.53 Å². The Morgan fingerprint density at radius 1 is 1.50 bits per heavy atom. The van der Waals surface area contributed by atoms with Crippen molar-refractivity contribution in [1.29, 1.82) is 0 Å². The third-order valence-electron chi connectivity index (χ3n) is 3.83. The molecule has 0 aromatic carbocycles. The lowest BCUT2D eigenvalue weighted by atomic mass is 10.2. The molecule has 0 N–H and O–H groups in total. The third kappa shape index (κ3) is 3.57. The Kier molecular flexibility index (Phi) is 5.11. The van der Waals surface area contributed by atoms with Crippen LogP contribution >= 0.6 is 11.6 Å². The van der Waals surface area contributed by atoms with E-state index in [0.717, 1.165) is 18.7 Å². The standard InChI is InChI=1S/C16H20ClN5O2/c1-3-6-22-9-12(17)14(20-22)16(23)21-7-8-24-13(10-21)15-18-5-4-11(2)19-15/h4-5,9,13H,3,6-8,10H2,1-2H3. The molecule has 3 heterocycles. The fourth-order valence-corrected chi connectivity index (χ4v) is 2.88. The van der Waals surface area contributed by atoms with E-state index < -0.39 is 0 Å². The quantitative estimate of drug-likeness (QED) is 0.846. The van der Waals surface area contributed by atoms with Crippen LogP contribution in [0.5, 0.6) is 0 Å². The van der Waals surface area contributed by atoms with Crippen LogP contribution in [0, 0.1) is 6.92 Å². The topological polar surface area (TPSA) is 73.1 Å². The van der Waals surface area contributed by atoms with Crippen LogP contribution < -0.4 is 0 Å². The zero-order valence-corrected chi connectivity index (χ0v) is 14.5. The Hall–Kier alpha value is -1.99. The van der Waals surface area contributed by atoms with Crippen LogP contribution in [0.3, 0.4) is 0 Å². The van der Waals surface area contributed by atoms with Crippen LogP contribution in [-0.4, -0.2) is 50.3 Å². The molecule has 1 unspecified atom stereocenters. The average Bonchev–Trinajstić information content (AvgIpc) is 2.95. The maximum absolute atomic E-state index is 12.8. The van der Waals surface area contributed by atoms with Crippen molar-refractivity contribution in [2.45, 2.75) is 32.9 Å². The van der Waals surface area contributed by atoms with Gasteiger partial charge in [0, 0.05) is 31.2 Å². The predicted molar refractivity (Wildman–Crippen MR) is 88.9 cm³/mol. The lowest BCUT2D eigenvalue weighted by Gasteiger charge is -2.31. The van der Waals surface area contributed by atoms with Crippen LogP contribution in [0.1, 0.15) is 41.5 Å². The Labute approximate surface area is 145 Å². The minimum atomic E-state index is -0.334. The summed E-state index contributed by atoms with van der Waals surface area (Å²) in [6.45, 7) is 6.00. The highest BCUT2D eigenvalue weighted by molar-refractivity contribution is 6.33. The lowest BCUT2D eigenvalue weighted by Crippen LogP contribution is -2.43. The van der Waals surface area contributed by atoms with Gasteiger partial charge in [-0.2, -0.15) is 5.10 Å². The first-order valence-electron chi connectivity index (χ1n) is 8.02. The average molecular weight is 350 g/mol.